The van der Waals surface area contributed by atoms with E-state index >= 15 is 0 Å². The third-order valence-corrected chi connectivity index (χ3v) is 5.38. The minimum atomic E-state index is -1.19. The van der Waals surface area contributed by atoms with E-state index in [2.05, 4.69) is 39.3 Å². The van der Waals surface area contributed by atoms with Crippen LogP contribution >= 0.6 is 11.3 Å². The van der Waals surface area contributed by atoms with Crippen molar-refractivity contribution < 1.29 is 20.1 Å². The number of hydrogen-bond donors (Lipinski definition) is 4. The number of nitrogens with zero attached hydrogens (tertiary/aromatic N) is 4. The minimum Gasteiger partial charge on any atom is -0.394 e. The monoisotopic (exact) mass is 377 g/mol. The van der Waals surface area contributed by atoms with Gasteiger partial charge in [-0.2, -0.15) is 0 Å². The Bertz CT molecular complexity index is 913. The molecule has 0 aromatic carbocycles. The van der Waals surface area contributed by atoms with Gasteiger partial charge in [0.25, 0.3) is 0 Å². The Labute approximate surface area is 152 Å². The quantitative estimate of drug-likeness (QED) is 0.504. The fourth-order valence-corrected chi connectivity index (χ4v) is 3.86. The molecule has 138 valence electrons. The van der Waals surface area contributed by atoms with Gasteiger partial charge in [0.15, 0.2) is 23.2 Å². The summed E-state index contributed by atoms with van der Waals surface area (Å²) in [7, 11) is 0. The number of rotatable bonds is 5. The average Bonchev–Trinajstić information content (AvgIpc) is 3.32. The Kier molecular flexibility index (Phi) is 4.59. The van der Waals surface area contributed by atoms with Gasteiger partial charge in [0.05, 0.1) is 19.5 Å². The molecule has 0 radical (unpaired) electrons. The van der Waals surface area contributed by atoms with Crippen LogP contribution in [0.1, 0.15) is 16.0 Å². The highest BCUT2D eigenvalue weighted by Gasteiger charge is 2.44. The van der Waals surface area contributed by atoms with Gasteiger partial charge in [-0.25, -0.2) is 15.0 Å². The summed E-state index contributed by atoms with van der Waals surface area (Å²) in [5.74, 6) is 0.576. The summed E-state index contributed by atoms with van der Waals surface area (Å²) in [5, 5.41) is 32.7. The third-order valence-electron chi connectivity index (χ3n) is 4.38. The second kappa shape index (κ2) is 6.89. The summed E-state index contributed by atoms with van der Waals surface area (Å²) in [5.41, 5.74) is 1.01. The van der Waals surface area contributed by atoms with Gasteiger partial charge >= 0.3 is 0 Å². The van der Waals surface area contributed by atoms with Crippen molar-refractivity contribution in [2.45, 2.75) is 38.0 Å². The lowest BCUT2D eigenvalue weighted by Gasteiger charge is -2.16. The van der Waals surface area contributed by atoms with Crippen molar-refractivity contribution >= 4 is 28.3 Å². The number of aliphatic hydroxyl groups excluding tert-OH is 3. The predicted molar refractivity (Wildman–Crippen MR) is 94.7 cm³/mol. The highest BCUT2D eigenvalue weighted by Crippen LogP contribution is 2.32. The Morgan fingerprint density at radius 3 is 2.77 bits per heavy atom. The summed E-state index contributed by atoms with van der Waals surface area (Å²) in [6.45, 7) is 2.29. The van der Waals surface area contributed by atoms with E-state index in [4.69, 9.17) is 4.74 Å². The zero-order valence-corrected chi connectivity index (χ0v) is 14.8. The zero-order chi connectivity index (χ0) is 18.3. The van der Waals surface area contributed by atoms with E-state index in [-0.39, 0.29) is 6.61 Å². The van der Waals surface area contributed by atoms with Crippen molar-refractivity contribution in [2.24, 2.45) is 0 Å². The molecule has 4 rings (SSSR count). The average molecular weight is 377 g/mol. The van der Waals surface area contributed by atoms with Crippen LogP contribution in [0.3, 0.4) is 0 Å². The Morgan fingerprint density at radius 1 is 1.23 bits per heavy atom. The number of thiophene rings is 1. The fourth-order valence-electron chi connectivity index (χ4n) is 3.03. The normalized spacial score (nSPS) is 25.8. The van der Waals surface area contributed by atoms with Crippen molar-refractivity contribution in [1.82, 2.24) is 19.5 Å². The number of ether oxygens (including phenoxy) is 1. The van der Waals surface area contributed by atoms with E-state index < -0.39 is 24.5 Å². The van der Waals surface area contributed by atoms with Gasteiger partial charge in [0.2, 0.25) is 0 Å². The lowest BCUT2D eigenvalue weighted by atomic mass is 10.1. The van der Waals surface area contributed by atoms with Crippen LogP contribution < -0.4 is 5.32 Å². The van der Waals surface area contributed by atoms with Crippen LogP contribution in [-0.4, -0.2) is 59.8 Å². The Morgan fingerprint density at radius 2 is 2.08 bits per heavy atom. The first-order valence-corrected chi connectivity index (χ1v) is 8.99. The van der Waals surface area contributed by atoms with Gasteiger partial charge in [-0.3, -0.25) is 4.57 Å². The molecule has 4 heterocycles. The molecule has 4 N–H and O–H groups in total. The molecule has 0 saturated carbocycles. The van der Waals surface area contributed by atoms with Crippen LogP contribution in [0.2, 0.25) is 0 Å². The summed E-state index contributed by atoms with van der Waals surface area (Å²) < 4.78 is 7.10. The van der Waals surface area contributed by atoms with Crippen molar-refractivity contribution in [3.05, 3.63) is 34.5 Å². The first kappa shape index (κ1) is 17.3. The number of hydrogen-bond acceptors (Lipinski definition) is 9. The van der Waals surface area contributed by atoms with E-state index in [1.165, 1.54) is 22.4 Å². The predicted octanol–water partition coefficient (Wildman–Crippen LogP) is 0.420. The molecule has 0 spiro atoms. The van der Waals surface area contributed by atoms with Crippen LogP contribution in [-0.2, 0) is 11.3 Å². The molecule has 1 fully saturated rings. The number of fused-ring (bicyclic) bond motifs is 1. The van der Waals surface area contributed by atoms with E-state index in [9.17, 15) is 15.3 Å². The second-order valence-corrected chi connectivity index (χ2v) is 7.51. The Balaban J connectivity index is 1.61. The molecular weight excluding hydrogens is 358 g/mol. The van der Waals surface area contributed by atoms with Crippen molar-refractivity contribution in [1.29, 1.82) is 0 Å². The van der Waals surface area contributed by atoms with Gasteiger partial charge < -0.3 is 25.4 Å². The summed E-state index contributed by atoms with van der Waals surface area (Å²) >= 11 is 1.71. The standard InChI is InChI=1S/C16H19N5O4S/c1-8-2-3-9(26-8)4-17-14-11-15(19-6-18-14)21(7-20-11)16-13(24)12(23)10(5-22)25-16/h2-3,6-7,10,12-13,16,22-24H,4-5H2,1H3,(H,17,18,19)/t10-,12-,13-,16-/m1/s1. The maximum absolute atomic E-state index is 10.2. The second-order valence-electron chi connectivity index (χ2n) is 6.14. The molecule has 9 nitrogen and oxygen atoms in total. The molecule has 3 aromatic rings. The van der Waals surface area contributed by atoms with Crippen LogP contribution in [0, 0.1) is 6.92 Å². The van der Waals surface area contributed by atoms with Gasteiger partial charge in [0.1, 0.15) is 24.6 Å². The molecule has 1 saturated heterocycles. The lowest BCUT2D eigenvalue weighted by molar-refractivity contribution is -0.0511. The molecule has 3 aromatic heterocycles. The first-order valence-electron chi connectivity index (χ1n) is 8.17. The largest absolute Gasteiger partial charge is 0.394 e. The van der Waals surface area contributed by atoms with Crippen molar-refractivity contribution in [3.8, 4) is 0 Å². The van der Waals surface area contributed by atoms with E-state index in [0.717, 1.165) is 0 Å². The van der Waals surface area contributed by atoms with E-state index in [0.29, 0.717) is 23.5 Å². The van der Waals surface area contributed by atoms with E-state index in [1.54, 1.807) is 15.9 Å². The molecule has 0 aliphatic carbocycles. The van der Waals surface area contributed by atoms with E-state index in [1.807, 2.05) is 0 Å². The zero-order valence-electron chi connectivity index (χ0n) is 14.0. The van der Waals surface area contributed by atoms with Crippen LogP contribution in [0.25, 0.3) is 11.2 Å². The number of nitrogens with one attached hydrogen (secondary N) is 1. The molecule has 4 atom stereocenters. The van der Waals surface area contributed by atoms with Crippen molar-refractivity contribution in [2.75, 3.05) is 11.9 Å². The summed E-state index contributed by atoms with van der Waals surface area (Å²) in [4.78, 5) is 15.2. The fraction of sp³-hybridized carbons (Fsp3) is 0.438. The maximum Gasteiger partial charge on any atom is 0.167 e. The molecule has 26 heavy (non-hydrogen) atoms. The van der Waals surface area contributed by atoms with Crippen LogP contribution in [0.15, 0.2) is 24.8 Å². The lowest BCUT2D eigenvalue weighted by Crippen LogP contribution is -2.33. The maximum atomic E-state index is 10.2. The molecule has 0 unspecified atom stereocenters. The molecule has 0 bridgehead atoms. The molecule has 1 aliphatic heterocycles. The molecule has 10 heteroatoms. The van der Waals surface area contributed by atoms with Gasteiger partial charge in [-0.15, -0.1) is 11.3 Å². The highest BCUT2D eigenvalue weighted by atomic mass is 32.1. The summed E-state index contributed by atoms with van der Waals surface area (Å²) in [6.07, 6.45) is -1.21. The smallest absolute Gasteiger partial charge is 0.167 e. The van der Waals surface area contributed by atoms with Gasteiger partial charge in [-0.05, 0) is 19.1 Å². The van der Waals surface area contributed by atoms with Crippen molar-refractivity contribution in [3.63, 3.8) is 0 Å². The van der Waals surface area contributed by atoms with Gasteiger partial charge in [-0.1, -0.05) is 0 Å². The number of imidazole rings is 1. The number of aryl methyl sites for hydroxylation is 1. The van der Waals surface area contributed by atoms with Crippen LogP contribution in [0.5, 0.6) is 0 Å². The number of aromatic nitrogens is 4. The highest BCUT2D eigenvalue weighted by molar-refractivity contribution is 7.11. The molecular formula is C16H19N5O4S. The number of anilines is 1. The topological polar surface area (TPSA) is 126 Å². The first-order chi connectivity index (χ1) is 12.6. The third kappa shape index (κ3) is 2.95. The molecule has 1 aliphatic rings. The number of aliphatic hydroxyl groups is 3. The Hall–Kier alpha value is -2.11. The molecule has 0 amide bonds. The SMILES string of the molecule is Cc1ccc(CNc2ncnc3c2ncn3[C@@H]2O[C@H](CO)[C@@H](O)[C@H]2O)s1. The van der Waals surface area contributed by atoms with Gasteiger partial charge in [0, 0.05) is 9.75 Å². The summed E-state index contributed by atoms with van der Waals surface area (Å²) in [6, 6.07) is 4.12. The van der Waals surface area contributed by atoms with Crippen LogP contribution in [0.4, 0.5) is 5.82 Å². The minimum absolute atomic E-state index is 0.386.